The zero-order valence-corrected chi connectivity index (χ0v) is 53.0. The van der Waals surface area contributed by atoms with Crippen molar-refractivity contribution in [2.75, 3.05) is 92.3 Å². The van der Waals surface area contributed by atoms with Crippen LogP contribution in [0.5, 0.6) is 0 Å². The van der Waals surface area contributed by atoms with Crippen molar-refractivity contribution >= 4 is 50.4 Å². The van der Waals surface area contributed by atoms with Gasteiger partial charge in [-0.05, 0) is 111 Å². The lowest BCUT2D eigenvalue weighted by Crippen LogP contribution is -2.58. The molecule has 6 N–H and O–H groups in total. The predicted molar refractivity (Wildman–Crippen MR) is 290 cm³/mol. The number of epoxide rings is 1. The lowest BCUT2D eigenvalue weighted by atomic mass is 10.2. The van der Waals surface area contributed by atoms with Gasteiger partial charge in [0.1, 0.15) is 6.10 Å². The van der Waals surface area contributed by atoms with E-state index in [4.69, 9.17) is 56.1 Å². The van der Waals surface area contributed by atoms with E-state index in [1.54, 1.807) is 0 Å². The van der Waals surface area contributed by atoms with Crippen LogP contribution in [0.3, 0.4) is 0 Å². The molecular weight excluding hydrogens is 941 g/mol. The molecule has 0 radical (unpaired) electrons. The van der Waals surface area contributed by atoms with Crippen molar-refractivity contribution in [1.29, 1.82) is 0 Å². The Morgan fingerprint density at radius 2 is 0.894 bits per heavy atom. The first-order valence-corrected chi connectivity index (χ1v) is 41.5. The van der Waals surface area contributed by atoms with E-state index in [1.807, 2.05) is 0 Å². The third-order valence-corrected chi connectivity index (χ3v) is 45.5. The van der Waals surface area contributed by atoms with Gasteiger partial charge in [0.05, 0.1) is 65.6 Å². The number of hydrogen-bond donors (Lipinski definition) is 5. The van der Waals surface area contributed by atoms with Crippen LogP contribution >= 0.6 is 0 Å². The lowest BCUT2D eigenvalue weighted by molar-refractivity contribution is 0.0350. The van der Waals surface area contributed by atoms with Gasteiger partial charge in [-0.15, -0.1) is 0 Å². The topological polar surface area (TPSA) is 185 Å². The fourth-order valence-electron chi connectivity index (χ4n) is 5.49. The van der Waals surface area contributed by atoms with E-state index in [0.717, 1.165) is 44.8 Å². The molecule has 0 bridgehead atoms. The van der Waals surface area contributed by atoms with Crippen LogP contribution in [-0.4, -0.2) is 170 Å². The maximum atomic E-state index is 10.1. The highest BCUT2D eigenvalue weighted by atomic mass is 28.5. The number of ether oxygens (including phenoxy) is 5. The Morgan fingerprint density at radius 1 is 0.545 bits per heavy atom. The summed E-state index contributed by atoms with van der Waals surface area (Å²) in [7, 11) is -12.4. The Kier molecular flexibility index (Phi) is 32.0. The summed E-state index contributed by atoms with van der Waals surface area (Å²) in [6.07, 6.45) is 1.64. The molecule has 1 fully saturated rings. The number of nitrogens with one attached hydrogen (secondary N) is 1. The van der Waals surface area contributed by atoms with Crippen LogP contribution < -0.4 is 11.1 Å². The Labute approximate surface area is 413 Å². The third kappa shape index (κ3) is 29.9. The van der Waals surface area contributed by atoms with Crippen LogP contribution in [0.25, 0.3) is 0 Å². The van der Waals surface area contributed by atoms with Crippen molar-refractivity contribution in [2.24, 2.45) is 5.73 Å². The zero-order chi connectivity index (χ0) is 52.0. The first kappa shape index (κ1) is 68.8. The molecule has 0 aromatic rings. The Bertz CT molecular complexity index is 1190. The minimum atomic E-state index is -2.42. The van der Waals surface area contributed by atoms with E-state index in [9.17, 15) is 5.11 Å². The predicted octanol–water partition coefficient (Wildman–Crippen LogP) is 9.33. The zero-order valence-electron chi connectivity index (χ0n) is 47.0. The van der Waals surface area contributed by atoms with E-state index < -0.39 is 56.5 Å². The van der Waals surface area contributed by atoms with Crippen LogP contribution in [-0.2, 0) is 40.1 Å². The monoisotopic (exact) mass is 1050 g/mol. The van der Waals surface area contributed by atoms with Gasteiger partial charge in [-0.2, -0.15) is 0 Å². The molecule has 1 aliphatic heterocycles. The summed E-state index contributed by atoms with van der Waals surface area (Å²) in [5.41, 5.74) is 5.06. The number of rotatable bonds is 31. The van der Waals surface area contributed by atoms with Gasteiger partial charge >= 0.3 is 17.1 Å². The molecular formula is C46H110N2O12Si6. The largest absolute Gasteiger partial charge is 0.436 e. The highest BCUT2D eigenvalue weighted by Gasteiger charge is 2.51. The Balaban J connectivity index is 0. The molecule has 1 saturated heterocycles. The maximum absolute atomic E-state index is 10.1. The lowest BCUT2D eigenvalue weighted by Gasteiger charge is -2.48. The van der Waals surface area contributed by atoms with E-state index in [-0.39, 0.29) is 33.4 Å². The van der Waals surface area contributed by atoms with Gasteiger partial charge in [-0.3, -0.25) is 0 Å². The highest BCUT2D eigenvalue weighted by molar-refractivity contribution is 6.91. The number of nitrogens with two attached hydrogens (primary N) is 1. The molecule has 0 amide bonds. The highest BCUT2D eigenvalue weighted by Crippen LogP contribution is 2.45. The van der Waals surface area contributed by atoms with Gasteiger partial charge in [0.15, 0.2) is 33.3 Å². The van der Waals surface area contributed by atoms with Crippen LogP contribution in [0.2, 0.25) is 97.7 Å². The van der Waals surface area contributed by atoms with E-state index in [1.165, 1.54) is 0 Å². The fraction of sp³-hybridized carbons (Fsp3) is 1.00. The van der Waals surface area contributed by atoms with Crippen LogP contribution in [0.4, 0.5) is 0 Å². The molecule has 2 atom stereocenters. The van der Waals surface area contributed by atoms with Gasteiger partial charge < -0.3 is 66.5 Å². The summed E-state index contributed by atoms with van der Waals surface area (Å²) in [6, 6.07) is 1.89. The van der Waals surface area contributed by atoms with Gasteiger partial charge in [-0.25, -0.2) is 0 Å². The summed E-state index contributed by atoms with van der Waals surface area (Å²) >= 11 is 0. The second-order valence-corrected chi connectivity index (χ2v) is 51.2. The number of aliphatic hydroxyl groups is 3. The standard InChI is InChI=1S/C23H55NO6Si3.C19H44O4Si3.C4H11NO2/c1-22(2,3)31(7,8)29-33(11,30-32(9,10)23(4,5)6)18-12-15-28-20-21(26)19-24-13-16-27-17-14-25;1-18(2,3)24(7,8)22-26(11,23-25(9,10)19(4,5)6)14-12-13-20-15-17-16-21-17;5-1-3-7-4-2-6/h21,24-26H,12-20H2,1-11H3;17H,12-16H2,1-11H3;6H,1-5H2. The summed E-state index contributed by atoms with van der Waals surface area (Å²) in [6.45, 7) is 57.4. The minimum Gasteiger partial charge on any atom is -0.436 e. The van der Waals surface area contributed by atoms with Gasteiger partial charge in [0.25, 0.3) is 0 Å². The Morgan fingerprint density at radius 3 is 1.21 bits per heavy atom. The van der Waals surface area contributed by atoms with Crippen LogP contribution in [0, 0.1) is 0 Å². The van der Waals surface area contributed by atoms with Crippen molar-refractivity contribution in [3.63, 3.8) is 0 Å². The van der Waals surface area contributed by atoms with E-state index in [0.29, 0.717) is 65.4 Å². The normalized spacial score (nSPS) is 16.4. The SMILES string of the molecule is CC(C)(C)[Si](C)(C)O[Si](C)(CCCOCC(O)CNCCOCCO)O[Si](C)(C)C(C)(C)C.CC(C)(C)[Si](C)(C)O[Si](C)(CCCOCC1CO1)O[Si](C)(C)C(C)(C)C.NCCOCCO. The fourth-order valence-corrected chi connectivity index (χ4v) is 32.0. The van der Waals surface area contributed by atoms with E-state index in [2.05, 4.69) is 154 Å². The molecule has 1 rings (SSSR count). The second-order valence-electron chi connectivity index (χ2n) is 24.3. The molecule has 0 aromatic heterocycles. The van der Waals surface area contributed by atoms with Crippen molar-refractivity contribution in [3.8, 4) is 0 Å². The van der Waals surface area contributed by atoms with Crippen molar-refractivity contribution in [2.45, 2.75) is 206 Å². The number of aliphatic hydroxyl groups excluding tert-OH is 3. The van der Waals surface area contributed by atoms with Gasteiger partial charge in [0.2, 0.25) is 0 Å². The summed E-state index contributed by atoms with van der Waals surface area (Å²) in [5, 5.41) is 30.7. The summed E-state index contributed by atoms with van der Waals surface area (Å²) in [4.78, 5) is 0. The molecule has 20 heteroatoms. The first-order valence-electron chi connectivity index (χ1n) is 24.8. The van der Waals surface area contributed by atoms with E-state index >= 15 is 0 Å². The first-order chi connectivity index (χ1) is 29.8. The van der Waals surface area contributed by atoms with Gasteiger partial charge in [0, 0.05) is 32.8 Å². The molecule has 0 aromatic carbocycles. The quantitative estimate of drug-likeness (QED) is 0.0251. The molecule has 1 aliphatic rings. The molecule has 14 nitrogen and oxygen atoms in total. The van der Waals surface area contributed by atoms with Crippen LogP contribution in [0.1, 0.15) is 95.9 Å². The summed E-state index contributed by atoms with van der Waals surface area (Å²) in [5.74, 6) is 0. The molecule has 2 unspecified atom stereocenters. The van der Waals surface area contributed by atoms with Crippen molar-refractivity contribution < 1.29 is 55.5 Å². The summed E-state index contributed by atoms with van der Waals surface area (Å²) < 4.78 is 54.6. The Hall–Kier alpha value is 0.741. The molecule has 1 heterocycles. The maximum Gasteiger partial charge on any atom is 0.314 e. The molecule has 0 saturated carbocycles. The average molecular weight is 1050 g/mol. The molecule has 400 valence electrons. The molecule has 0 aliphatic carbocycles. The average Bonchev–Trinajstić information content (AvgIpc) is 3.95. The second kappa shape index (κ2) is 30.7. The smallest absolute Gasteiger partial charge is 0.314 e. The van der Waals surface area contributed by atoms with Gasteiger partial charge in [-0.1, -0.05) is 83.1 Å². The van der Waals surface area contributed by atoms with Crippen LogP contribution in [0.15, 0.2) is 0 Å². The third-order valence-electron chi connectivity index (χ3n) is 13.5. The van der Waals surface area contributed by atoms with Crippen molar-refractivity contribution in [1.82, 2.24) is 5.32 Å². The molecule has 66 heavy (non-hydrogen) atoms. The number of hydrogen-bond acceptors (Lipinski definition) is 14. The minimum absolute atomic E-state index is 0.0280. The molecule has 0 spiro atoms. The van der Waals surface area contributed by atoms with Crippen molar-refractivity contribution in [3.05, 3.63) is 0 Å².